The highest BCUT2D eigenvalue weighted by atomic mass is 15.1. The predicted molar refractivity (Wildman–Crippen MR) is 213 cm³/mol. The smallest absolute Gasteiger partial charge is 0.145 e. The van der Waals surface area contributed by atoms with Crippen LogP contribution >= 0.6 is 0 Å². The summed E-state index contributed by atoms with van der Waals surface area (Å²) in [6, 6.07) is 66.8. The molecule has 0 radical (unpaired) electrons. The van der Waals surface area contributed by atoms with E-state index in [1.54, 1.807) is 0 Å². The van der Waals surface area contributed by atoms with Crippen LogP contribution in [-0.2, 0) is 0 Å². The number of hydrogen-bond acceptors (Lipinski definition) is 2. The Kier molecular flexibility index (Phi) is 6.81. The van der Waals surface area contributed by atoms with E-state index in [0.717, 1.165) is 61.4 Å². The van der Waals surface area contributed by atoms with E-state index in [0.29, 0.717) is 0 Å². The molecule has 0 aliphatic rings. The van der Waals surface area contributed by atoms with Gasteiger partial charge in [-0.2, -0.15) is 0 Å². The van der Waals surface area contributed by atoms with E-state index in [4.69, 9.17) is 9.97 Å². The monoisotopic (exact) mass is 649 g/mol. The van der Waals surface area contributed by atoms with E-state index >= 15 is 0 Å². The molecule has 0 aliphatic carbocycles. The first-order valence-electron chi connectivity index (χ1n) is 17.3. The Morgan fingerprint density at radius 3 is 1.75 bits per heavy atom. The molecule has 8 aromatic carbocycles. The summed E-state index contributed by atoms with van der Waals surface area (Å²) in [6.07, 6.45) is 0. The van der Waals surface area contributed by atoms with Crippen molar-refractivity contribution >= 4 is 43.5 Å². The summed E-state index contributed by atoms with van der Waals surface area (Å²) in [7, 11) is 0. The van der Waals surface area contributed by atoms with Gasteiger partial charge in [-0.3, -0.25) is 4.57 Å². The lowest BCUT2D eigenvalue weighted by Gasteiger charge is -2.15. The lowest BCUT2D eigenvalue weighted by atomic mass is 9.92. The van der Waals surface area contributed by atoms with Crippen LogP contribution in [0.1, 0.15) is 0 Å². The first-order valence-corrected chi connectivity index (χ1v) is 17.3. The van der Waals surface area contributed by atoms with Crippen molar-refractivity contribution < 1.29 is 0 Å². The molecule has 10 aromatic rings. The second-order valence-electron chi connectivity index (χ2n) is 13.0. The summed E-state index contributed by atoms with van der Waals surface area (Å²) in [4.78, 5) is 10.4. The van der Waals surface area contributed by atoms with E-state index in [-0.39, 0.29) is 0 Å². The maximum absolute atomic E-state index is 5.30. The molecule has 0 aliphatic heterocycles. The third kappa shape index (κ3) is 4.98. The minimum absolute atomic E-state index is 0.920. The fourth-order valence-corrected chi connectivity index (χ4v) is 7.55. The minimum atomic E-state index is 0.920. The molecule has 0 atom stereocenters. The van der Waals surface area contributed by atoms with E-state index in [1.807, 2.05) is 12.1 Å². The highest BCUT2D eigenvalue weighted by Gasteiger charge is 2.17. The average molecular weight is 650 g/mol. The number of rotatable bonds is 5. The molecule has 0 saturated carbocycles. The fraction of sp³-hybridized carbons (Fsp3) is 0. The molecule has 0 amide bonds. The van der Waals surface area contributed by atoms with Gasteiger partial charge in [0.2, 0.25) is 0 Å². The molecular weight excluding hydrogens is 619 g/mol. The Hall–Kier alpha value is -6.84. The van der Waals surface area contributed by atoms with Gasteiger partial charge in [-0.1, -0.05) is 146 Å². The van der Waals surface area contributed by atoms with Crippen LogP contribution in [0.3, 0.4) is 0 Å². The SMILES string of the molecule is c1ccc(-n2c(-c3ccc(-c4cc(-c5cccc6ccccc56)nc5ccc(-c6cccc7ccccc67)cc45)cc3)nc3ccccc32)cc1. The van der Waals surface area contributed by atoms with Gasteiger partial charge < -0.3 is 0 Å². The Morgan fingerprint density at radius 2 is 0.961 bits per heavy atom. The average Bonchev–Trinajstić information content (AvgIpc) is 3.60. The number of aromatic nitrogens is 3. The molecule has 0 saturated heterocycles. The number of hydrogen-bond donors (Lipinski definition) is 0. The van der Waals surface area contributed by atoms with Crippen LogP contribution in [-0.4, -0.2) is 14.5 Å². The van der Waals surface area contributed by atoms with E-state index in [1.165, 1.54) is 32.7 Å². The molecule has 3 nitrogen and oxygen atoms in total. The van der Waals surface area contributed by atoms with Gasteiger partial charge in [-0.25, -0.2) is 9.97 Å². The lowest BCUT2D eigenvalue weighted by molar-refractivity contribution is 1.10. The molecule has 0 unspecified atom stereocenters. The van der Waals surface area contributed by atoms with Crippen molar-refractivity contribution in [3.05, 3.63) is 188 Å². The summed E-state index contributed by atoms with van der Waals surface area (Å²) in [5.41, 5.74) is 11.9. The third-order valence-corrected chi connectivity index (χ3v) is 10.0. The maximum atomic E-state index is 5.30. The number of para-hydroxylation sites is 3. The molecule has 0 N–H and O–H groups in total. The van der Waals surface area contributed by atoms with E-state index in [9.17, 15) is 0 Å². The fourth-order valence-electron chi connectivity index (χ4n) is 7.55. The van der Waals surface area contributed by atoms with Crippen molar-refractivity contribution in [2.75, 3.05) is 0 Å². The number of fused-ring (bicyclic) bond motifs is 4. The van der Waals surface area contributed by atoms with Crippen molar-refractivity contribution in [2.24, 2.45) is 0 Å². The zero-order valence-electron chi connectivity index (χ0n) is 27.7. The Labute approximate surface area is 295 Å². The zero-order chi connectivity index (χ0) is 33.7. The van der Waals surface area contributed by atoms with Crippen LogP contribution in [0, 0.1) is 0 Å². The molecule has 238 valence electrons. The van der Waals surface area contributed by atoms with Gasteiger partial charge in [0, 0.05) is 22.2 Å². The number of imidazole rings is 1. The van der Waals surface area contributed by atoms with Gasteiger partial charge in [0.25, 0.3) is 0 Å². The van der Waals surface area contributed by atoms with Crippen molar-refractivity contribution in [3.8, 4) is 50.6 Å². The quantitative estimate of drug-likeness (QED) is 0.186. The number of nitrogens with zero attached hydrogens (tertiary/aromatic N) is 3. The molecule has 0 bridgehead atoms. The normalized spacial score (nSPS) is 11.5. The van der Waals surface area contributed by atoms with Crippen LogP contribution in [0.15, 0.2) is 188 Å². The van der Waals surface area contributed by atoms with Crippen molar-refractivity contribution in [2.45, 2.75) is 0 Å². The van der Waals surface area contributed by atoms with Gasteiger partial charge in [-0.05, 0) is 86.3 Å². The van der Waals surface area contributed by atoms with Crippen molar-refractivity contribution in [3.63, 3.8) is 0 Å². The summed E-state index contributed by atoms with van der Waals surface area (Å²) in [6.45, 7) is 0. The van der Waals surface area contributed by atoms with Crippen molar-refractivity contribution in [1.29, 1.82) is 0 Å². The maximum Gasteiger partial charge on any atom is 0.145 e. The van der Waals surface area contributed by atoms with Crippen LogP contribution in [0.25, 0.3) is 94.1 Å². The van der Waals surface area contributed by atoms with E-state index < -0.39 is 0 Å². The predicted octanol–water partition coefficient (Wildman–Crippen LogP) is 12.5. The van der Waals surface area contributed by atoms with Crippen LogP contribution < -0.4 is 0 Å². The third-order valence-electron chi connectivity index (χ3n) is 10.0. The van der Waals surface area contributed by atoms with Gasteiger partial charge in [0.05, 0.1) is 22.2 Å². The zero-order valence-corrected chi connectivity index (χ0v) is 27.7. The van der Waals surface area contributed by atoms with Crippen molar-refractivity contribution in [1.82, 2.24) is 14.5 Å². The highest BCUT2D eigenvalue weighted by Crippen LogP contribution is 2.39. The van der Waals surface area contributed by atoms with Gasteiger partial charge in [0.15, 0.2) is 0 Å². The first-order chi connectivity index (χ1) is 25.3. The Balaban J connectivity index is 1.17. The van der Waals surface area contributed by atoms with Crippen LogP contribution in [0.2, 0.25) is 0 Å². The molecule has 51 heavy (non-hydrogen) atoms. The number of benzene rings is 8. The molecular formula is C48H31N3. The molecule has 2 heterocycles. The standard InChI is InChI=1S/C48H31N3/c1-2-16-37(17-3-1)51-47-23-9-8-22-45(47)50-48(51)35-26-24-34(25-27-35)42-31-46(41-21-11-15-33-13-5-7-19-39(33)41)49-44-29-28-36(30-43(42)44)40-20-10-14-32-12-4-6-18-38(32)40/h1-31H. The second-order valence-corrected chi connectivity index (χ2v) is 13.0. The topological polar surface area (TPSA) is 30.7 Å². The number of pyridine rings is 1. The highest BCUT2D eigenvalue weighted by molar-refractivity contribution is 6.04. The van der Waals surface area contributed by atoms with Crippen LogP contribution in [0.4, 0.5) is 0 Å². The Morgan fingerprint density at radius 1 is 0.353 bits per heavy atom. The summed E-state index contributed by atoms with van der Waals surface area (Å²) >= 11 is 0. The van der Waals surface area contributed by atoms with Gasteiger partial charge >= 0.3 is 0 Å². The summed E-state index contributed by atoms with van der Waals surface area (Å²) < 4.78 is 2.25. The minimum Gasteiger partial charge on any atom is -0.292 e. The molecule has 3 heteroatoms. The summed E-state index contributed by atoms with van der Waals surface area (Å²) in [5, 5.41) is 5.99. The van der Waals surface area contributed by atoms with E-state index in [2.05, 4.69) is 180 Å². The molecule has 10 rings (SSSR count). The summed E-state index contributed by atoms with van der Waals surface area (Å²) in [5.74, 6) is 0.920. The van der Waals surface area contributed by atoms with Gasteiger partial charge in [0.1, 0.15) is 5.82 Å². The molecule has 0 fully saturated rings. The van der Waals surface area contributed by atoms with Gasteiger partial charge in [-0.15, -0.1) is 0 Å². The lowest BCUT2D eigenvalue weighted by Crippen LogP contribution is -1.97. The molecule has 2 aromatic heterocycles. The molecule has 0 spiro atoms. The Bertz CT molecular complexity index is 2890. The first kappa shape index (κ1) is 29.1. The van der Waals surface area contributed by atoms with Crippen LogP contribution in [0.5, 0.6) is 0 Å². The largest absolute Gasteiger partial charge is 0.292 e. The second kappa shape index (κ2) is 11.9.